The predicted octanol–water partition coefficient (Wildman–Crippen LogP) is 6.11. The Kier molecular flexibility index (Phi) is 7.91. The third-order valence-corrected chi connectivity index (χ3v) is 7.44. The minimum absolute atomic E-state index is 0.139. The van der Waals surface area contributed by atoms with Gasteiger partial charge in [0.25, 0.3) is 5.91 Å². The second-order valence-electron chi connectivity index (χ2n) is 8.36. The number of fused-ring (bicyclic) bond motifs is 1. The van der Waals surface area contributed by atoms with E-state index in [1.165, 1.54) is 23.3 Å². The number of anilines is 1. The first-order chi connectivity index (χ1) is 16.9. The molecule has 2 aromatic carbocycles. The summed E-state index contributed by atoms with van der Waals surface area (Å²) < 4.78 is 11.3. The summed E-state index contributed by atoms with van der Waals surface area (Å²) in [5, 5.41) is 16.9. The Labute approximate surface area is 218 Å². The summed E-state index contributed by atoms with van der Waals surface area (Å²) in [6.45, 7) is 2.55. The Morgan fingerprint density at radius 1 is 1.26 bits per heavy atom. The Hall–Kier alpha value is -3.12. The number of ether oxygens (including phenoxy) is 2. The lowest BCUT2D eigenvalue weighted by atomic mass is 9.89. The van der Waals surface area contributed by atoms with E-state index >= 15 is 0 Å². The van der Waals surface area contributed by atoms with Crippen LogP contribution < -0.4 is 20.1 Å². The molecule has 0 unspecified atom stereocenters. The molecule has 2 N–H and O–H groups in total. The summed E-state index contributed by atoms with van der Waals surface area (Å²) in [6.07, 6.45) is 2.92. The highest BCUT2D eigenvalue weighted by Crippen LogP contribution is 2.39. The Balaban J connectivity index is 1.41. The number of thiophene rings is 1. The molecule has 4 rings (SSSR count). The van der Waals surface area contributed by atoms with Crippen molar-refractivity contribution in [2.24, 2.45) is 5.92 Å². The van der Waals surface area contributed by atoms with Crippen LogP contribution in [-0.2, 0) is 19.4 Å². The molecule has 0 radical (unpaired) electrons. The maximum absolute atomic E-state index is 12.8. The second-order valence-corrected chi connectivity index (χ2v) is 10.3. The average molecular weight is 526 g/mol. The number of amides is 1. The first kappa shape index (κ1) is 25.0. The van der Waals surface area contributed by atoms with Gasteiger partial charge in [0.05, 0.1) is 12.7 Å². The molecule has 0 saturated carbocycles. The van der Waals surface area contributed by atoms with E-state index in [4.69, 9.17) is 33.3 Å². The van der Waals surface area contributed by atoms with Gasteiger partial charge >= 0.3 is 0 Å². The summed E-state index contributed by atoms with van der Waals surface area (Å²) in [6, 6.07) is 14.6. The molecule has 0 fully saturated rings. The van der Waals surface area contributed by atoms with Crippen molar-refractivity contribution in [1.29, 1.82) is 5.26 Å². The van der Waals surface area contributed by atoms with Gasteiger partial charge in [-0.15, -0.1) is 11.3 Å². The van der Waals surface area contributed by atoms with E-state index in [9.17, 15) is 10.1 Å². The van der Waals surface area contributed by atoms with E-state index in [1.54, 1.807) is 30.3 Å². The number of thiocarbonyl (C=S) groups is 1. The average Bonchev–Trinajstić information content (AvgIpc) is 3.19. The maximum atomic E-state index is 12.8. The van der Waals surface area contributed by atoms with Crippen molar-refractivity contribution in [2.45, 2.75) is 32.8 Å². The zero-order valence-electron chi connectivity index (χ0n) is 19.3. The summed E-state index contributed by atoms with van der Waals surface area (Å²) in [7, 11) is 1.52. The standard InChI is InChI=1S/C26H24ClN3O3S2/c1-15-3-9-19-20(13-28)25(35-23(19)11-15)30-26(34)29-24(31)17-6-10-21(22(12-17)32-2)33-14-16-4-7-18(27)8-5-16/h4-8,10,12,15H,3,9,11,14H2,1-2H3,(H2,29,30,31,34)/t15-/m0/s1. The molecule has 1 amide bonds. The van der Waals surface area contributed by atoms with Gasteiger partial charge in [-0.25, -0.2) is 0 Å². The van der Waals surface area contributed by atoms with Crippen LogP contribution in [0.3, 0.4) is 0 Å². The van der Waals surface area contributed by atoms with Crippen LogP contribution in [0, 0.1) is 17.2 Å². The highest BCUT2D eigenvalue weighted by molar-refractivity contribution is 7.80. The Morgan fingerprint density at radius 2 is 2.03 bits per heavy atom. The minimum atomic E-state index is -0.390. The molecule has 1 aromatic heterocycles. The lowest BCUT2D eigenvalue weighted by Gasteiger charge is -2.17. The number of rotatable bonds is 6. The van der Waals surface area contributed by atoms with Crippen LogP contribution in [0.2, 0.25) is 5.02 Å². The molecule has 1 aliphatic rings. The zero-order chi connectivity index (χ0) is 24.9. The minimum Gasteiger partial charge on any atom is -0.493 e. The molecule has 0 aliphatic heterocycles. The van der Waals surface area contributed by atoms with E-state index < -0.39 is 5.91 Å². The zero-order valence-corrected chi connectivity index (χ0v) is 21.7. The van der Waals surface area contributed by atoms with Gasteiger partial charge in [0.15, 0.2) is 16.6 Å². The molecule has 0 spiro atoms. The number of hydrogen-bond acceptors (Lipinski definition) is 6. The van der Waals surface area contributed by atoms with Gasteiger partial charge in [-0.05, 0) is 78.9 Å². The smallest absolute Gasteiger partial charge is 0.257 e. The van der Waals surface area contributed by atoms with Gasteiger partial charge in [0.2, 0.25) is 0 Å². The number of nitriles is 1. The molecule has 180 valence electrons. The van der Waals surface area contributed by atoms with E-state index in [-0.39, 0.29) is 5.11 Å². The predicted molar refractivity (Wildman–Crippen MR) is 143 cm³/mol. The van der Waals surface area contributed by atoms with Crippen LogP contribution in [0.4, 0.5) is 5.00 Å². The fourth-order valence-electron chi connectivity index (χ4n) is 3.94. The molecule has 3 aromatic rings. The molecule has 6 nitrogen and oxygen atoms in total. The van der Waals surface area contributed by atoms with Gasteiger partial charge in [-0.3, -0.25) is 10.1 Å². The highest BCUT2D eigenvalue weighted by atomic mass is 35.5. The van der Waals surface area contributed by atoms with Gasteiger partial charge in [-0.2, -0.15) is 5.26 Å². The van der Waals surface area contributed by atoms with Crippen LogP contribution in [0.25, 0.3) is 0 Å². The van der Waals surface area contributed by atoms with Crippen molar-refractivity contribution in [3.8, 4) is 17.6 Å². The van der Waals surface area contributed by atoms with Gasteiger partial charge in [-0.1, -0.05) is 30.7 Å². The third kappa shape index (κ3) is 5.93. The van der Waals surface area contributed by atoms with E-state index in [0.717, 1.165) is 30.4 Å². The van der Waals surface area contributed by atoms with Crippen molar-refractivity contribution < 1.29 is 14.3 Å². The molecule has 9 heteroatoms. The van der Waals surface area contributed by atoms with Gasteiger partial charge in [0.1, 0.15) is 17.7 Å². The molecule has 0 saturated heterocycles. The lowest BCUT2D eigenvalue weighted by Crippen LogP contribution is -2.34. The third-order valence-electron chi connectivity index (χ3n) is 5.81. The van der Waals surface area contributed by atoms with Crippen LogP contribution in [0.15, 0.2) is 42.5 Å². The first-order valence-electron chi connectivity index (χ1n) is 11.1. The number of nitrogens with one attached hydrogen (secondary N) is 2. The van der Waals surface area contributed by atoms with Gasteiger partial charge in [0, 0.05) is 15.5 Å². The summed E-state index contributed by atoms with van der Waals surface area (Å²) in [4.78, 5) is 14.0. The molecule has 35 heavy (non-hydrogen) atoms. The molecule has 1 atom stereocenters. The van der Waals surface area contributed by atoms with Crippen LogP contribution in [0.5, 0.6) is 11.5 Å². The van der Waals surface area contributed by atoms with Crippen molar-refractivity contribution in [2.75, 3.05) is 12.4 Å². The van der Waals surface area contributed by atoms with Gasteiger partial charge < -0.3 is 14.8 Å². The summed E-state index contributed by atoms with van der Waals surface area (Å²) >= 11 is 12.8. The number of carbonyl (C=O) groups excluding carboxylic acids is 1. The second kappa shape index (κ2) is 11.1. The number of methoxy groups -OCH3 is 1. The topological polar surface area (TPSA) is 83.4 Å². The van der Waals surface area contributed by atoms with E-state index in [0.29, 0.717) is 45.2 Å². The Bertz CT molecular complexity index is 1300. The van der Waals surface area contributed by atoms with Crippen molar-refractivity contribution >= 4 is 51.2 Å². The monoisotopic (exact) mass is 525 g/mol. The maximum Gasteiger partial charge on any atom is 0.257 e. The number of benzene rings is 2. The fraction of sp³-hybridized carbons (Fsp3) is 0.269. The number of carbonyl (C=O) groups is 1. The van der Waals surface area contributed by atoms with Crippen LogP contribution in [0.1, 0.15) is 45.3 Å². The summed E-state index contributed by atoms with van der Waals surface area (Å²) in [5.74, 6) is 1.15. The highest BCUT2D eigenvalue weighted by Gasteiger charge is 2.24. The van der Waals surface area contributed by atoms with Crippen LogP contribution >= 0.6 is 35.2 Å². The molecule has 1 aliphatic carbocycles. The molecule has 1 heterocycles. The van der Waals surface area contributed by atoms with Crippen molar-refractivity contribution in [3.05, 3.63) is 74.6 Å². The van der Waals surface area contributed by atoms with E-state index in [2.05, 4.69) is 23.6 Å². The number of hydrogen-bond donors (Lipinski definition) is 2. The number of halogens is 1. The number of nitrogens with zero attached hydrogens (tertiary/aromatic N) is 1. The first-order valence-corrected chi connectivity index (χ1v) is 12.7. The Morgan fingerprint density at radius 3 is 2.74 bits per heavy atom. The normalized spacial score (nSPS) is 14.4. The van der Waals surface area contributed by atoms with Crippen LogP contribution in [-0.4, -0.2) is 18.1 Å². The fourth-order valence-corrected chi connectivity index (χ4v) is 5.69. The van der Waals surface area contributed by atoms with E-state index in [1.807, 2.05) is 12.1 Å². The molecular weight excluding hydrogens is 502 g/mol. The SMILES string of the molecule is COc1cc(C(=O)NC(=S)Nc2sc3c(c2C#N)CC[C@H](C)C3)ccc1OCc1ccc(Cl)cc1. The molecular formula is C26H24ClN3O3S2. The van der Waals surface area contributed by atoms with Crippen molar-refractivity contribution in [3.63, 3.8) is 0 Å². The molecule has 0 bridgehead atoms. The lowest BCUT2D eigenvalue weighted by molar-refractivity contribution is 0.0977. The largest absolute Gasteiger partial charge is 0.493 e. The van der Waals surface area contributed by atoms with Crippen molar-refractivity contribution in [1.82, 2.24) is 5.32 Å². The quantitative estimate of drug-likeness (QED) is 0.378. The summed E-state index contributed by atoms with van der Waals surface area (Å²) in [5.41, 5.74) is 3.05.